The van der Waals surface area contributed by atoms with Crippen molar-refractivity contribution < 1.29 is 18.0 Å². The third-order valence-corrected chi connectivity index (χ3v) is 4.61. The number of H-pyrrole nitrogens is 1. The van der Waals surface area contributed by atoms with Gasteiger partial charge >= 0.3 is 0 Å². The molecule has 0 saturated carbocycles. The van der Waals surface area contributed by atoms with Crippen molar-refractivity contribution >= 4 is 44.6 Å². The first-order valence-corrected chi connectivity index (χ1v) is 8.59. The maximum absolute atomic E-state index is 12.8. The predicted molar refractivity (Wildman–Crippen MR) is 103 cm³/mol. The van der Waals surface area contributed by atoms with E-state index in [0.717, 1.165) is 16.4 Å². The fraction of sp³-hybridized carbons (Fsp3) is 0.0476. The monoisotopic (exact) mass is 377 g/mol. The Labute approximate surface area is 157 Å². The molecule has 0 radical (unpaired) electrons. The number of anilines is 1. The first-order chi connectivity index (χ1) is 13.6. The highest BCUT2D eigenvalue weighted by atomic mass is 19.3. The van der Waals surface area contributed by atoms with Gasteiger partial charge in [-0.05, 0) is 36.4 Å². The Bertz CT molecular complexity index is 1350. The summed E-state index contributed by atoms with van der Waals surface area (Å²) in [6.07, 6.45) is -2.69. The Morgan fingerprint density at radius 2 is 1.82 bits per heavy atom. The van der Waals surface area contributed by atoms with E-state index in [2.05, 4.69) is 15.3 Å². The van der Waals surface area contributed by atoms with Gasteiger partial charge < -0.3 is 14.7 Å². The number of benzene rings is 3. The SMILES string of the molecule is O=C(Nc1ccc2c(c1)oc1ccccc12)c1ccc2nc(C(F)F)[nH]c2c1. The van der Waals surface area contributed by atoms with E-state index in [1.807, 2.05) is 30.3 Å². The molecule has 0 aliphatic carbocycles. The molecule has 0 bridgehead atoms. The molecule has 2 aromatic heterocycles. The van der Waals surface area contributed by atoms with Gasteiger partial charge in [-0.1, -0.05) is 18.2 Å². The quantitative estimate of drug-likeness (QED) is 0.427. The zero-order chi connectivity index (χ0) is 19.3. The molecule has 0 aliphatic heterocycles. The molecule has 0 aliphatic rings. The molecular formula is C21H13F2N3O2. The van der Waals surface area contributed by atoms with Gasteiger partial charge in [0.25, 0.3) is 12.3 Å². The highest BCUT2D eigenvalue weighted by Gasteiger charge is 2.15. The Balaban J connectivity index is 1.45. The van der Waals surface area contributed by atoms with Crippen molar-refractivity contribution in [3.8, 4) is 0 Å². The number of nitrogens with one attached hydrogen (secondary N) is 2. The molecule has 7 heteroatoms. The number of furan rings is 1. The molecule has 5 rings (SSSR count). The topological polar surface area (TPSA) is 70.9 Å². The number of rotatable bonds is 3. The van der Waals surface area contributed by atoms with Gasteiger partial charge in [0.15, 0.2) is 5.82 Å². The number of amides is 1. The van der Waals surface area contributed by atoms with Crippen LogP contribution in [0.3, 0.4) is 0 Å². The van der Waals surface area contributed by atoms with Crippen LogP contribution in [0.15, 0.2) is 65.1 Å². The second-order valence-electron chi connectivity index (χ2n) is 6.42. The lowest BCUT2D eigenvalue weighted by atomic mass is 10.1. The second-order valence-corrected chi connectivity index (χ2v) is 6.42. The van der Waals surface area contributed by atoms with Gasteiger partial charge in [0.2, 0.25) is 0 Å². The van der Waals surface area contributed by atoms with Crippen LogP contribution in [-0.2, 0) is 0 Å². The van der Waals surface area contributed by atoms with Crippen LogP contribution >= 0.6 is 0 Å². The number of fused-ring (bicyclic) bond motifs is 4. The summed E-state index contributed by atoms with van der Waals surface area (Å²) in [5.41, 5.74) is 3.13. The molecule has 2 N–H and O–H groups in total. The van der Waals surface area contributed by atoms with E-state index in [0.29, 0.717) is 27.9 Å². The average Bonchev–Trinajstić information content (AvgIpc) is 3.28. The van der Waals surface area contributed by atoms with E-state index in [1.165, 1.54) is 12.1 Å². The lowest BCUT2D eigenvalue weighted by Gasteiger charge is -2.05. The summed E-state index contributed by atoms with van der Waals surface area (Å²) in [5.74, 6) is -0.770. The normalized spacial score (nSPS) is 11.7. The summed E-state index contributed by atoms with van der Waals surface area (Å²) in [5, 5.41) is 4.78. The van der Waals surface area contributed by atoms with E-state index in [1.54, 1.807) is 18.2 Å². The number of aromatic nitrogens is 2. The molecule has 0 fully saturated rings. The molecule has 0 atom stereocenters. The molecule has 0 unspecified atom stereocenters. The number of aromatic amines is 1. The van der Waals surface area contributed by atoms with E-state index in [4.69, 9.17) is 4.42 Å². The van der Waals surface area contributed by atoms with Crippen LogP contribution in [0.1, 0.15) is 22.6 Å². The Hall–Kier alpha value is -3.74. The van der Waals surface area contributed by atoms with Crippen LogP contribution in [0.4, 0.5) is 14.5 Å². The largest absolute Gasteiger partial charge is 0.456 e. The summed E-state index contributed by atoms with van der Waals surface area (Å²) < 4.78 is 31.4. The standard InChI is InChI=1S/C21H13F2N3O2/c22-19(23)20-25-15-8-5-11(9-16(15)26-20)21(27)24-12-6-7-14-13-3-1-2-4-17(13)28-18(14)10-12/h1-10,19H,(H,24,27)(H,25,26). The Morgan fingerprint density at radius 3 is 2.68 bits per heavy atom. The molecule has 0 saturated heterocycles. The minimum absolute atomic E-state index is 0.335. The molecular weight excluding hydrogens is 364 g/mol. The molecule has 5 aromatic rings. The zero-order valence-corrected chi connectivity index (χ0v) is 14.4. The number of halogens is 2. The highest BCUT2D eigenvalue weighted by molar-refractivity contribution is 6.09. The molecule has 2 heterocycles. The average molecular weight is 377 g/mol. The number of alkyl halides is 2. The summed E-state index contributed by atoms with van der Waals surface area (Å²) in [7, 11) is 0. The molecule has 0 spiro atoms. The number of carbonyl (C=O) groups is 1. The minimum atomic E-state index is -2.69. The number of para-hydroxylation sites is 1. The number of hydrogen-bond donors (Lipinski definition) is 2. The van der Waals surface area contributed by atoms with Gasteiger partial charge in [0.05, 0.1) is 11.0 Å². The first kappa shape index (κ1) is 16.4. The number of nitrogens with zero attached hydrogens (tertiary/aromatic N) is 1. The van der Waals surface area contributed by atoms with Crippen LogP contribution in [0.2, 0.25) is 0 Å². The number of carbonyl (C=O) groups excluding carboxylic acids is 1. The van der Waals surface area contributed by atoms with Gasteiger partial charge in [0, 0.05) is 28.1 Å². The van der Waals surface area contributed by atoms with E-state index in [9.17, 15) is 13.6 Å². The second kappa shape index (κ2) is 6.16. The van der Waals surface area contributed by atoms with Crippen molar-refractivity contribution in [2.24, 2.45) is 0 Å². The lowest BCUT2D eigenvalue weighted by Crippen LogP contribution is -2.11. The zero-order valence-electron chi connectivity index (χ0n) is 14.4. The maximum atomic E-state index is 12.8. The highest BCUT2D eigenvalue weighted by Crippen LogP contribution is 2.30. The summed E-state index contributed by atoms with van der Waals surface area (Å²) >= 11 is 0. The van der Waals surface area contributed by atoms with Crippen molar-refractivity contribution in [2.75, 3.05) is 5.32 Å². The molecule has 3 aromatic carbocycles. The molecule has 28 heavy (non-hydrogen) atoms. The maximum Gasteiger partial charge on any atom is 0.295 e. The summed E-state index contributed by atoms with van der Waals surface area (Å²) in [6.45, 7) is 0. The summed E-state index contributed by atoms with van der Waals surface area (Å²) in [4.78, 5) is 18.9. The van der Waals surface area contributed by atoms with Gasteiger partial charge in [-0.3, -0.25) is 4.79 Å². The third-order valence-electron chi connectivity index (χ3n) is 4.61. The lowest BCUT2D eigenvalue weighted by molar-refractivity contribution is 0.102. The number of imidazole rings is 1. The molecule has 5 nitrogen and oxygen atoms in total. The predicted octanol–water partition coefficient (Wildman–Crippen LogP) is 5.65. The number of hydrogen-bond acceptors (Lipinski definition) is 3. The fourth-order valence-corrected chi connectivity index (χ4v) is 3.28. The summed E-state index contributed by atoms with van der Waals surface area (Å²) in [6, 6.07) is 17.8. The fourth-order valence-electron chi connectivity index (χ4n) is 3.28. The van der Waals surface area contributed by atoms with Crippen LogP contribution in [0, 0.1) is 0 Å². The van der Waals surface area contributed by atoms with Gasteiger partial charge in [-0.2, -0.15) is 0 Å². The molecule has 138 valence electrons. The smallest absolute Gasteiger partial charge is 0.295 e. The van der Waals surface area contributed by atoms with Gasteiger partial charge in [0.1, 0.15) is 11.2 Å². The van der Waals surface area contributed by atoms with Crippen molar-refractivity contribution in [1.82, 2.24) is 9.97 Å². The van der Waals surface area contributed by atoms with Crippen molar-refractivity contribution in [1.29, 1.82) is 0 Å². The third kappa shape index (κ3) is 2.68. The van der Waals surface area contributed by atoms with Crippen molar-refractivity contribution in [3.05, 3.63) is 72.1 Å². The molecule has 1 amide bonds. The van der Waals surface area contributed by atoms with Crippen molar-refractivity contribution in [2.45, 2.75) is 6.43 Å². The van der Waals surface area contributed by atoms with Crippen LogP contribution in [0.5, 0.6) is 0 Å². The van der Waals surface area contributed by atoms with Crippen molar-refractivity contribution in [3.63, 3.8) is 0 Å². The van der Waals surface area contributed by atoms with E-state index in [-0.39, 0.29) is 5.91 Å². The van der Waals surface area contributed by atoms with Crippen LogP contribution < -0.4 is 5.32 Å². The van der Waals surface area contributed by atoms with E-state index < -0.39 is 12.2 Å². The minimum Gasteiger partial charge on any atom is -0.456 e. The van der Waals surface area contributed by atoms with Crippen LogP contribution in [-0.4, -0.2) is 15.9 Å². The van der Waals surface area contributed by atoms with Crippen LogP contribution in [0.25, 0.3) is 33.0 Å². The van der Waals surface area contributed by atoms with Gasteiger partial charge in [-0.15, -0.1) is 0 Å². The Morgan fingerprint density at radius 1 is 1.00 bits per heavy atom. The van der Waals surface area contributed by atoms with Gasteiger partial charge in [-0.25, -0.2) is 13.8 Å². The Kier molecular flexibility index (Phi) is 3.61. The first-order valence-electron chi connectivity index (χ1n) is 8.59. The van der Waals surface area contributed by atoms with E-state index >= 15 is 0 Å².